The van der Waals surface area contributed by atoms with E-state index in [1.54, 1.807) is 6.20 Å². The molecule has 1 unspecified atom stereocenters. The van der Waals surface area contributed by atoms with Crippen LogP contribution < -0.4 is 11.1 Å². The summed E-state index contributed by atoms with van der Waals surface area (Å²) in [6, 6.07) is 4.31. The molecule has 0 aliphatic heterocycles. The number of anilines is 1. The fourth-order valence-corrected chi connectivity index (χ4v) is 1.91. The van der Waals surface area contributed by atoms with Crippen LogP contribution in [0.2, 0.25) is 0 Å². The molecule has 1 aromatic rings. The first kappa shape index (κ1) is 11.3. The third-order valence-corrected chi connectivity index (χ3v) is 3.06. The first-order valence-electron chi connectivity index (χ1n) is 5.67. The maximum absolute atomic E-state index is 5.51. The van der Waals surface area contributed by atoms with Gasteiger partial charge >= 0.3 is 0 Å². The predicted octanol–water partition coefficient (Wildman–Crippen LogP) is 2.32. The first-order chi connectivity index (χ1) is 7.65. The Hall–Kier alpha value is -1.16. The number of nitrogens with two attached hydrogens (primary N) is 1. The Morgan fingerprint density at radius 1 is 1.62 bits per heavy atom. The van der Waals surface area contributed by atoms with Crippen LogP contribution in [0.4, 0.5) is 5.82 Å². The van der Waals surface area contributed by atoms with Gasteiger partial charge < -0.3 is 11.1 Å². The highest BCUT2D eigenvalue weighted by Gasteiger charge is 2.23. The molecule has 2 rings (SSSR count). The quantitative estimate of drug-likeness (QED) is 0.769. The lowest BCUT2D eigenvalue weighted by Crippen LogP contribution is -2.17. The molecule has 0 amide bonds. The number of nitrogens with zero attached hydrogens (tertiary/aromatic N) is 1. The summed E-state index contributed by atoms with van der Waals surface area (Å²) in [6.45, 7) is 2.20. The summed E-state index contributed by atoms with van der Waals surface area (Å²) < 4.78 is 0. The van der Waals surface area contributed by atoms with E-state index in [0.717, 1.165) is 17.3 Å². The van der Waals surface area contributed by atoms with E-state index in [2.05, 4.69) is 17.2 Å². The molecule has 86 valence electrons. The second-order valence-corrected chi connectivity index (χ2v) is 4.96. The number of thiocarbonyl (C=S) groups is 1. The number of aromatic nitrogens is 1. The third kappa shape index (κ3) is 3.17. The van der Waals surface area contributed by atoms with Crippen molar-refractivity contribution in [1.82, 2.24) is 4.98 Å². The van der Waals surface area contributed by atoms with E-state index < -0.39 is 0 Å². The van der Waals surface area contributed by atoms with Crippen molar-refractivity contribution in [2.45, 2.75) is 32.2 Å². The van der Waals surface area contributed by atoms with Crippen molar-refractivity contribution >= 4 is 23.0 Å². The molecule has 0 saturated heterocycles. The zero-order valence-electron chi connectivity index (χ0n) is 9.44. The fourth-order valence-electron chi connectivity index (χ4n) is 1.79. The summed E-state index contributed by atoms with van der Waals surface area (Å²) in [5.74, 6) is 1.83. The Kier molecular flexibility index (Phi) is 3.39. The lowest BCUT2D eigenvalue weighted by atomic mass is 10.1. The molecule has 0 bridgehead atoms. The summed E-state index contributed by atoms with van der Waals surface area (Å²) in [6.07, 6.45) is 5.73. The lowest BCUT2D eigenvalue weighted by molar-refractivity contribution is 0.640. The molecule has 3 N–H and O–H groups in total. The van der Waals surface area contributed by atoms with Gasteiger partial charge in [-0.2, -0.15) is 0 Å². The standard InChI is InChI=1S/C12H17N3S/c1-8(6-9-2-3-9)15-11-5-4-10(7-14-11)12(13)16/h4-5,7-9H,2-3,6H2,1H3,(H2,13,16)(H,14,15). The molecule has 4 heteroatoms. The van der Waals surface area contributed by atoms with Crippen molar-refractivity contribution in [2.75, 3.05) is 5.32 Å². The predicted molar refractivity (Wildman–Crippen MR) is 70.6 cm³/mol. The van der Waals surface area contributed by atoms with Gasteiger partial charge in [-0.15, -0.1) is 0 Å². The van der Waals surface area contributed by atoms with Gasteiger partial charge in [0, 0.05) is 17.8 Å². The van der Waals surface area contributed by atoms with Crippen LogP contribution >= 0.6 is 12.2 Å². The zero-order valence-corrected chi connectivity index (χ0v) is 10.3. The summed E-state index contributed by atoms with van der Waals surface area (Å²) >= 11 is 4.88. The van der Waals surface area contributed by atoms with E-state index in [1.165, 1.54) is 19.3 Å². The van der Waals surface area contributed by atoms with Gasteiger partial charge in [0.2, 0.25) is 0 Å². The molecule has 3 nitrogen and oxygen atoms in total. The smallest absolute Gasteiger partial charge is 0.126 e. The van der Waals surface area contributed by atoms with Crippen LogP contribution in [0.5, 0.6) is 0 Å². The molecule has 0 spiro atoms. The minimum Gasteiger partial charge on any atom is -0.389 e. The molecular formula is C12H17N3S. The van der Waals surface area contributed by atoms with Gasteiger partial charge in [-0.3, -0.25) is 0 Å². The van der Waals surface area contributed by atoms with Crippen molar-refractivity contribution < 1.29 is 0 Å². The van der Waals surface area contributed by atoms with E-state index in [4.69, 9.17) is 18.0 Å². The summed E-state index contributed by atoms with van der Waals surface area (Å²) in [7, 11) is 0. The number of hydrogen-bond donors (Lipinski definition) is 2. The highest BCUT2D eigenvalue weighted by Crippen LogP contribution is 2.33. The van der Waals surface area contributed by atoms with Crippen molar-refractivity contribution in [2.24, 2.45) is 11.7 Å². The number of hydrogen-bond acceptors (Lipinski definition) is 3. The summed E-state index contributed by atoms with van der Waals surface area (Å²) in [5, 5.41) is 3.38. The summed E-state index contributed by atoms with van der Waals surface area (Å²) in [4.78, 5) is 4.68. The van der Waals surface area contributed by atoms with E-state index >= 15 is 0 Å². The second kappa shape index (κ2) is 4.78. The van der Waals surface area contributed by atoms with Crippen molar-refractivity contribution in [3.63, 3.8) is 0 Å². The van der Waals surface area contributed by atoms with Crippen LogP contribution in [-0.2, 0) is 0 Å². The van der Waals surface area contributed by atoms with Crippen LogP contribution in [0.3, 0.4) is 0 Å². The Morgan fingerprint density at radius 2 is 2.38 bits per heavy atom. The van der Waals surface area contributed by atoms with Crippen molar-refractivity contribution in [3.05, 3.63) is 23.9 Å². The van der Waals surface area contributed by atoms with Crippen molar-refractivity contribution in [1.29, 1.82) is 0 Å². The van der Waals surface area contributed by atoms with Gasteiger partial charge in [0.25, 0.3) is 0 Å². The Labute approximate surface area is 101 Å². The molecule has 1 heterocycles. The average Bonchev–Trinajstić information content (AvgIpc) is 3.02. The van der Waals surface area contributed by atoms with Gasteiger partial charge in [-0.1, -0.05) is 25.1 Å². The van der Waals surface area contributed by atoms with E-state index in [9.17, 15) is 0 Å². The molecule has 1 aliphatic rings. The van der Waals surface area contributed by atoms with E-state index in [-0.39, 0.29) is 0 Å². The van der Waals surface area contributed by atoms with Gasteiger partial charge in [0.15, 0.2) is 0 Å². The number of nitrogens with one attached hydrogen (secondary N) is 1. The van der Waals surface area contributed by atoms with Gasteiger partial charge in [-0.05, 0) is 31.4 Å². The van der Waals surface area contributed by atoms with Crippen LogP contribution in [-0.4, -0.2) is 16.0 Å². The Morgan fingerprint density at radius 3 is 2.88 bits per heavy atom. The molecule has 1 aliphatic carbocycles. The SMILES string of the molecule is CC(CC1CC1)Nc1ccc(C(N)=S)cn1. The highest BCUT2D eigenvalue weighted by atomic mass is 32.1. The Bertz CT molecular complexity index is 370. The van der Waals surface area contributed by atoms with Crippen LogP contribution in [0.15, 0.2) is 18.3 Å². The summed E-state index contributed by atoms with van der Waals surface area (Å²) in [5.41, 5.74) is 6.33. The second-order valence-electron chi connectivity index (χ2n) is 4.52. The Balaban J connectivity index is 1.90. The molecule has 1 aromatic heterocycles. The van der Waals surface area contributed by atoms with E-state index in [1.807, 2.05) is 12.1 Å². The molecule has 0 radical (unpaired) electrons. The fraction of sp³-hybridized carbons (Fsp3) is 0.500. The van der Waals surface area contributed by atoms with Crippen LogP contribution in [0, 0.1) is 5.92 Å². The third-order valence-electron chi connectivity index (χ3n) is 2.83. The molecular weight excluding hydrogens is 218 g/mol. The number of pyridine rings is 1. The largest absolute Gasteiger partial charge is 0.389 e. The maximum Gasteiger partial charge on any atom is 0.126 e. The highest BCUT2D eigenvalue weighted by molar-refractivity contribution is 7.80. The van der Waals surface area contributed by atoms with E-state index in [0.29, 0.717) is 11.0 Å². The van der Waals surface area contributed by atoms with Crippen molar-refractivity contribution in [3.8, 4) is 0 Å². The molecule has 1 saturated carbocycles. The van der Waals surface area contributed by atoms with Crippen LogP contribution in [0.1, 0.15) is 31.7 Å². The van der Waals surface area contributed by atoms with Crippen LogP contribution in [0.25, 0.3) is 0 Å². The maximum atomic E-state index is 5.51. The average molecular weight is 235 g/mol. The number of rotatable bonds is 5. The minimum absolute atomic E-state index is 0.394. The van der Waals surface area contributed by atoms with Gasteiger partial charge in [0.05, 0.1) is 0 Å². The molecule has 1 fully saturated rings. The lowest BCUT2D eigenvalue weighted by Gasteiger charge is -2.13. The van der Waals surface area contributed by atoms with Gasteiger partial charge in [0.1, 0.15) is 10.8 Å². The molecule has 0 aromatic carbocycles. The minimum atomic E-state index is 0.394. The monoisotopic (exact) mass is 235 g/mol. The molecule has 1 atom stereocenters. The zero-order chi connectivity index (χ0) is 11.5. The first-order valence-corrected chi connectivity index (χ1v) is 6.08. The normalized spacial score (nSPS) is 16.8. The van der Waals surface area contributed by atoms with Gasteiger partial charge in [-0.25, -0.2) is 4.98 Å². The topological polar surface area (TPSA) is 50.9 Å². The molecule has 16 heavy (non-hydrogen) atoms.